The third kappa shape index (κ3) is 9.50. The van der Waals surface area contributed by atoms with E-state index in [1.54, 1.807) is 0 Å². The van der Waals surface area contributed by atoms with Gasteiger partial charge < -0.3 is 35.4 Å². The van der Waals surface area contributed by atoms with Gasteiger partial charge in [-0.25, -0.2) is 38.4 Å². The number of hydrogen-bond donors (Lipinski definition) is 6. The van der Waals surface area contributed by atoms with Crippen molar-refractivity contribution in [2.75, 3.05) is 0 Å². The van der Waals surface area contributed by atoms with Gasteiger partial charge in [0, 0.05) is 0 Å². The molecule has 0 aliphatic carbocycles. The molecule has 63 heavy (non-hydrogen) atoms. The van der Waals surface area contributed by atoms with Crippen LogP contribution in [-0.4, -0.2) is 78.4 Å². The summed E-state index contributed by atoms with van der Waals surface area (Å²) in [5.74, 6) is -20.8. The number of aromatic carboxylic acids is 6. The molecule has 27 heteroatoms. The molecular weight excluding hydrogens is 900 g/mol. The van der Waals surface area contributed by atoms with Gasteiger partial charge >= 0.3 is 72.5 Å². The van der Waals surface area contributed by atoms with Gasteiger partial charge in [-0.1, -0.05) is 0 Å². The van der Waals surface area contributed by atoms with Crippen molar-refractivity contribution >= 4 is 47.8 Å². The molecule has 4 aromatic carbocycles. The van der Waals surface area contributed by atoms with E-state index in [2.05, 4.69) is 4.74 Å². The summed E-state index contributed by atoms with van der Waals surface area (Å²) in [6, 6.07) is -1.21. The standard InChI is InChI=1S/C36H14F12O15/c37-33(38,39)17-5-9(1-13(25(49)50)21(17)27(53)54)11-3-15(23(29(57)58)19(7-11)35(43,44)45)31(61)63-32(62)16-4-12(8-20(36(46,47)48)24(16)30(59)60)10-2-14(26(51)52)22(28(55)56)18(6-10)34(40,41)42/h1-8H,(H,49,50)(H,51,52)(H,53,54)(H,55,56)(H,57,58)(H,59,60). The average Bonchev–Trinajstić information content (AvgIpc) is 3.13. The minimum Gasteiger partial charge on any atom is -0.478 e. The fraction of sp³-hybridized carbons (Fsp3) is 0.111. The second-order valence-electron chi connectivity index (χ2n) is 12.3. The van der Waals surface area contributed by atoms with Gasteiger partial charge in [0.05, 0.1) is 66.8 Å². The van der Waals surface area contributed by atoms with Crippen LogP contribution >= 0.6 is 0 Å². The molecule has 0 amide bonds. The maximum atomic E-state index is 14.3. The van der Waals surface area contributed by atoms with E-state index in [1.807, 2.05) is 0 Å². The second-order valence-corrected chi connectivity index (χ2v) is 12.3. The SMILES string of the molecule is O=C(O)c1cc(-c2cc(C(=O)OC(=O)c3cc(-c4cc(C(=O)O)c(C(=O)O)c(C(F)(F)F)c4)cc(C(F)(F)F)c3C(=O)O)c(C(=O)O)c(C(F)(F)F)c2)cc(C(F)(F)F)c1C(=O)O. The number of carbonyl (C=O) groups is 8. The summed E-state index contributed by atoms with van der Waals surface area (Å²) in [6.07, 6.45) is -23.5. The Hall–Kier alpha value is -8.00. The third-order valence-electron chi connectivity index (χ3n) is 8.38. The number of hydrogen-bond acceptors (Lipinski definition) is 9. The van der Waals surface area contributed by atoms with Crippen molar-refractivity contribution in [1.82, 2.24) is 0 Å². The minimum absolute atomic E-state index is 0.0312. The summed E-state index contributed by atoms with van der Waals surface area (Å²) in [4.78, 5) is 98.0. The molecule has 0 radical (unpaired) electrons. The summed E-state index contributed by atoms with van der Waals surface area (Å²) < 4.78 is 174. The maximum Gasteiger partial charge on any atom is 0.417 e. The molecule has 0 aliphatic heterocycles. The zero-order valence-electron chi connectivity index (χ0n) is 29.5. The largest absolute Gasteiger partial charge is 0.478 e. The quantitative estimate of drug-likeness (QED) is 0.0496. The molecule has 0 bridgehead atoms. The molecule has 0 atom stereocenters. The van der Waals surface area contributed by atoms with Crippen molar-refractivity contribution in [3.8, 4) is 22.3 Å². The lowest BCUT2D eigenvalue weighted by Gasteiger charge is -2.19. The number of alkyl halides is 12. The number of benzene rings is 4. The van der Waals surface area contributed by atoms with Crippen LogP contribution in [0, 0.1) is 0 Å². The van der Waals surface area contributed by atoms with Gasteiger partial charge in [-0.3, -0.25) is 0 Å². The average molecular weight is 914 g/mol. The predicted octanol–water partition coefficient (Wildman–Crippen LogP) is 8.28. The normalized spacial score (nSPS) is 12.1. The van der Waals surface area contributed by atoms with Crippen LogP contribution in [-0.2, 0) is 29.4 Å². The second kappa shape index (κ2) is 16.1. The molecule has 0 fully saturated rings. The van der Waals surface area contributed by atoms with Crippen LogP contribution in [0.25, 0.3) is 22.3 Å². The van der Waals surface area contributed by atoms with E-state index in [4.69, 9.17) is 0 Å². The molecule has 6 N–H and O–H groups in total. The monoisotopic (exact) mass is 914 g/mol. The van der Waals surface area contributed by atoms with E-state index in [0.29, 0.717) is 0 Å². The lowest BCUT2D eigenvalue weighted by molar-refractivity contribution is -0.139. The third-order valence-corrected chi connectivity index (χ3v) is 8.38. The van der Waals surface area contributed by atoms with Crippen LogP contribution in [0.5, 0.6) is 0 Å². The summed E-state index contributed by atoms with van der Waals surface area (Å²) >= 11 is 0. The zero-order valence-corrected chi connectivity index (χ0v) is 29.5. The fourth-order valence-corrected chi connectivity index (χ4v) is 5.90. The first-order chi connectivity index (χ1) is 28.6. The molecule has 0 spiro atoms. The van der Waals surface area contributed by atoms with Gasteiger partial charge in [-0.15, -0.1) is 0 Å². The van der Waals surface area contributed by atoms with E-state index >= 15 is 0 Å². The summed E-state index contributed by atoms with van der Waals surface area (Å²) in [5.41, 5.74) is -30.9. The topological polar surface area (TPSA) is 267 Å². The number of rotatable bonds is 10. The van der Waals surface area contributed by atoms with Gasteiger partial charge in [0.2, 0.25) is 0 Å². The Morgan fingerprint density at radius 3 is 0.683 bits per heavy atom. The van der Waals surface area contributed by atoms with Crippen LogP contribution < -0.4 is 0 Å². The Balaban J connectivity index is 2.08. The van der Waals surface area contributed by atoms with Crippen LogP contribution in [0.3, 0.4) is 0 Å². The maximum absolute atomic E-state index is 14.3. The van der Waals surface area contributed by atoms with Gasteiger partial charge in [0.25, 0.3) is 0 Å². The lowest BCUT2D eigenvalue weighted by Crippen LogP contribution is -2.23. The van der Waals surface area contributed by atoms with Crippen LogP contribution in [0.4, 0.5) is 52.7 Å². The van der Waals surface area contributed by atoms with Gasteiger partial charge in [-0.05, 0) is 70.8 Å². The van der Waals surface area contributed by atoms with Crippen molar-refractivity contribution in [3.63, 3.8) is 0 Å². The number of carboxylic acid groups (broad SMARTS) is 6. The molecule has 4 rings (SSSR count). The Morgan fingerprint density at radius 1 is 0.317 bits per heavy atom. The van der Waals surface area contributed by atoms with Crippen molar-refractivity contribution in [3.05, 3.63) is 115 Å². The van der Waals surface area contributed by atoms with Gasteiger partial charge in [0.15, 0.2) is 0 Å². The molecule has 0 saturated carbocycles. The fourth-order valence-electron chi connectivity index (χ4n) is 5.90. The number of esters is 2. The van der Waals surface area contributed by atoms with Crippen molar-refractivity contribution in [2.24, 2.45) is 0 Å². The molecule has 0 aromatic heterocycles. The van der Waals surface area contributed by atoms with Gasteiger partial charge in [0.1, 0.15) is 0 Å². The smallest absolute Gasteiger partial charge is 0.417 e. The highest BCUT2D eigenvalue weighted by molar-refractivity contribution is 6.13. The molecule has 15 nitrogen and oxygen atoms in total. The highest BCUT2D eigenvalue weighted by atomic mass is 19.4. The molecule has 0 aliphatic rings. The molecule has 4 aromatic rings. The van der Waals surface area contributed by atoms with Crippen molar-refractivity contribution < 1.29 is 126 Å². The van der Waals surface area contributed by atoms with Crippen LogP contribution in [0.15, 0.2) is 48.5 Å². The number of halogens is 12. The van der Waals surface area contributed by atoms with Gasteiger partial charge in [-0.2, -0.15) is 52.7 Å². The van der Waals surface area contributed by atoms with E-state index in [9.17, 15) is 122 Å². The van der Waals surface area contributed by atoms with E-state index in [1.165, 1.54) is 0 Å². The Morgan fingerprint density at radius 2 is 0.508 bits per heavy atom. The highest BCUT2D eigenvalue weighted by Crippen LogP contribution is 2.43. The lowest BCUT2D eigenvalue weighted by atomic mass is 9.89. The highest BCUT2D eigenvalue weighted by Gasteiger charge is 2.44. The number of ether oxygens (including phenoxy) is 1. The van der Waals surface area contributed by atoms with Crippen molar-refractivity contribution in [2.45, 2.75) is 24.7 Å². The van der Waals surface area contributed by atoms with Crippen LogP contribution in [0.2, 0.25) is 0 Å². The van der Waals surface area contributed by atoms with E-state index in [0.717, 1.165) is 0 Å². The number of carbonyl (C=O) groups excluding carboxylic acids is 2. The van der Waals surface area contributed by atoms with Crippen LogP contribution in [0.1, 0.15) is 105 Å². The predicted molar refractivity (Wildman–Crippen MR) is 175 cm³/mol. The minimum atomic E-state index is -5.96. The molecule has 332 valence electrons. The summed E-state index contributed by atoms with van der Waals surface area (Å²) in [5, 5.41) is 56.9. The summed E-state index contributed by atoms with van der Waals surface area (Å²) in [7, 11) is 0. The Labute approximate surface area is 336 Å². The first kappa shape index (κ1) is 47.7. The first-order valence-electron chi connectivity index (χ1n) is 15.8. The molecule has 0 heterocycles. The molecular formula is C36H14F12O15. The Kier molecular flexibility index (Phi) is 12.2. The van der Waals surface area contributed by atoms with E-state index in [-0.39, 0.29) is 48.5 Å². The number of carboxylic acids is 6. The summed E-state index contributed by atoms with van der Waals surface area (Å²) in [6.45, 7) is 0. The van der Waals surface area contributed by atoms with E-state index < -0.39 is 161 Å². The first-order valence-corrected chi connectivity index (χ1v) is 15.8. The zero-order chi connectivity index (χ0) is 48.2. The van der Waals surface area contributed by atoms with Crippen molar-refractivity contribution in [1.29, 1.82) is 0 Å². The molecule has 0 unspecified atom stereocenters. The molecule has 0 saturated heterocycles. The Bertz CT molecular complexity index is 2530.